The van der Waals surface area contributed by atoms with Crippen molar-refractivity contribution in [3.8, 4) is 0 Å². The molecule has 0 bridgehead atoms. The van der Waals surface area contributed by atoms with E-state index >= 15 is 0 Å². The average molecular weight is 413 g/mol. The molecule has 0 radical (unpaired) electrons. The Morgan fingerprint density at radius 1 is 1.18 bits per heavy atom. The molecule has 2 aliphatic rings. The van der Waals surface area contributed by atoms with Crippen LogP contribution < -0.4 is 5.32 Å². The van der Waals surface area contributed by atoms with Crippen molar-refractivity contribution in [3.63, 3.8) is 0 Å². The lowest BCUT2D eigenvalue weighted by atomic mass is 10.1. The summed E-state index contributed by atoms with van der Waals surface area (Å²) in [5, 5.41) is 6.55. The first-order chi connectivity index (χ1) is 13.1. The first-order valence-corrected chi connectivity index (χ1v) is 10.7. The van der Waals surface area contributed by atoms with Gasteiger partial charge in [0.2, 0.25) is 0 Å². The van der Waals surface area contributed by atoms with E-state index in [0.717, 1.165) is 24.6 Å². The van der Waals surface area contributed by atoms with Crippen LogP contribution in [-0.2, 0) is 16.0 Å². The van der Waals surface area contributed by atoms with Gasteiger partial charge in [0.05, 0.1) is 28.8 Å². The second-order valence-electron chi connectivity index (χ2n) is 7.23. The largest absolute Gasteiger partial charge is 0.418 e. The normalized spacial score (nSPS) is 21.6. The monoisotopic (exact) mass is 413 g/mol. The first kappa shape index (κ1) is 19.0. The fourth-order valence-corrected chi connectivity index (χ4v) is 5.18. The van der Waals surface area contributed by atoms with Crippen molar-refractivity contribution in [2.24, 2.45) is 0 Å². The maximum atomic E-state index is 13.1. The number of carbonyl (C=O) groups excluding carboxylic acids is 1. The third-order valence-corrected chi connectivity index (χ3v) is 6.78. The molecule has 10 heteroatoms. The quantitative estimate of drug-likeness (QED) is 0.833. The highest BCUT2D eigenvalue weighted by molar-refractivity contribution is 7.91. The van der Waals surface area contributed by atoms with E-state index in [4.69, 9.17) is 0 Å². The number of sulfone groups is 1. The summed E-state index contributed by atoms with van der Waals surface area (Å²) in [7, 11) is -3.13. The highest BCUT2D eigenvalue weighted by Gasteiger charge is 2.37. The Kier molecular flexibility index (Phi) is 4.48. The molecule has 1 saturated carbocycles. The van der Waals surface area contributed by atoms with E-state index < -0.39 is 27.5 Å². The van der Waals surface area contributed by atoms with Gasteiger partial charge in [0.1, 0.15) is 0 Å². The number of para-hydroxylation sites is 1. The summed E-state index contributed by atoms with van der Waals surface area (Å²) in [6.07, 6.45) is -2.34. The maximum absolute atomic E-state index is 13.1. The van der Waals surface area contributed by atoms with Crippen LogP contribution in [0.15, 0.2) is 30.3 Å². The summed E-state index contributed by atoms with van der Waals surface area (Å²) < 4.78 is 64.6. The van der Waals surface area contributed by atoms with Gasteiger partial charge in [-0.3, -0.25) is 9.48 Å². The zero-order valence-electron chi connectivity index (χ0n) is 14.7. The number of alkyl halides is 3. The number of aromatic nitrogens is 2. The summed E-state index contributed by atoms with van der Waals surface area (Å²) in [6.45, 7) is 0. The molecule has 1 atom stereocenters. The molecule has 2 heterocycles. The minimum absolute atomic E-state index is 0.0109. The Morgan fingerprint density at radius 3 is 2.50 bits per heavy atom. The molecule has 2 fully saturated rings. The van der Waals surface area contributed by atoms with E-state index in [0.29, 0.717) is 6.42 Å². The lowest BCUT2D eigenvalue weighted by Crippen LogP contribution is -2.18. The molecule has 0 spiro atoms. The molecule has 1 aromatic carbocycles. The molecule has 4 rings (SSSR count). The molecule has 1 aromatic heterocycles. The van der Waals surface area contributed by atoms with E-state index in [1.807, 2.05) is 0 Å². The van der Waals surface area contributed by atoms with Gasteiger partial charge < -0.3 is 5.32 Å². The van der Waals surface area contributed by atoms with Gasteiger partial charge in [0.25, 0.3) is 5.91 Å². The zero-order valence-corrected chi connectivity index (χ0v) is 15.6. The smallest absolute Gasteiger partial charge is 0.320 e. The van der Waals surface area contributed by atoms with Gasteiger partial charge in [-0.2, -0.15) is 18.3 Å². The second kappa shape index (κ2) is 6.61. The van der Waals surface area contributed by atoms with E-state index in [1.54, 1.807) is 10.7 Å². The highest BCUT2D eigenvalue weighted by atomic mass is 32.2. The van der Waals surface area contributed by atoms with E-state index in [1.165, 1.54) is 18.2 Å². The Hall–Kier alpha value is -2.36. The molecule has 28 heavy (non-hydrogen) atoms. The van der Waals surface area contributed by atoms with Crippen LogP contribution >= 0.6 is 0 Å². The summed E-state index contributed by atoms with van der Waals surface area (Å²) in [4.78, 5) is 12.6. The van der Waals surface area contributed by atoms with Crippen molar-refractivity contribution in [2.75, 3.05) is 16.8 Å². The molecule has 1 amide bonds. The van der Waals surface area contributed by atoms with Crippen LogP contribution in [0.3, 0.4) is 0 Å². The number of halogens is 3. The number of anilines is 1. The average Bonchev–Trinajstić information content (AvgIpc) is 3.25. The number of nitrogens with one attached hydrogen (secondary N) is 1. The number of hydrogen-bond acceptors (Lipinski definition) is 4. The highest BCUT2D eigenvalue weighted by Crippen LogP contribution is 2.42. The van der Waals surface area contributed by atoms with Crippen molar-refractivity contribution >= 4 is 21.4 Å². The summed E-state index contributed by atoms with van der Waals surface area (Å²) in [6, 6.07) is 5.95. The van der Waals surface area contributed by atoms with Gasteiger partial charge in [-0.05, 0) is 37.5 Å². The van der Waals surface area contributed by atoms with Gasteiger partial charge in [-0.1, -0.05) is 12.1 Å². The van der Waals surface area contributed by atoms with E-state index in [9.17, 15) is 26.4 Å². The van der Waals surface area contributed by atoms with Gasteiger partial charge >= 0.3 is 6.18 Å². The van der Waals surface area contributed by atoms with E-state index in [-0.39, 0.29) is 34.8 Å². The Morgan fingerprint density at radius 2 is 1.89 bits per heavy atom. The third kappa shape index (κ3) is 3.78. The maximum Gasteiger partial charge on any atom is 0.418 e. The number of benzene rings is 1. The molecule has 0 unspecified atom stereocenters. The third-order valence-electron chi connectivity index (χ3n) is 5.03. The molecule has 1 N–H and O–H groups in total. The van der Waals surface area contributed by atoms with Crippen LogP contribution in [0.4, 0.5) is 18.9 Å². The fourth-order valence-electron chi connectivity index (χ4n) is 3.49. The molecule has 2 aromatic rings. The van der Waals surface area contributed by atoms with Crippen LogP contribution in [-0.4, -0.2) is 35.6 Å². The summed E-state index contributed by atoms with van der Waals surface area (Å²) in [5.41, 5.74) is -0.516. The summed E-state index contributed by atoms with van der Waals surface area (Å²) in [5.74, 6) is -0.507. The number of rotatable bonds is 4. The molecule has 150 valence electrons. The van der Waals surface area contributed by atoms with Crippen molar-refractivity contribution in [1.29, 1.82) is 0 Å². The predicted octanol–water partition coefficient (Wildman–Crippen LogP) is 3.39. The number of carbonyl (C=O) groups is 1. The molecule has 1 aliphatic heterocycles. The summed E-state index contributed by atoms with van der Waals surface area (Å²) >= 11 is 0. The zero-order chi connectivity index (χ0) is 20.1. The number of nitrogens with zero attached hydrogens (tertiary/aromatic N) is 2. The molecule has 6 nitrogen and oxygen atoms in total. The molecule has 1 saturated heterocycles. The Labute approximate surface area is 159 Å². The van der Waals surface area contributed by atoms with E-state index in [2.05, 4.69) is 10.4 Å². The number of hydrogen-bond donors (Lipinski definition) is 1. The van der Waals surface area contributed by atoms with Crippen molar-refractivity contribution in [3.05, 3.63) is 47.3 Å². The van der Waals surface area contributed by atoms with Gasteiger partial charge in [-0.25, -0.2) is 8.42 Å². The minimum Gasteiger partial charge on any atom is -0.320 e. The van der Waals surface area contributed by atoms with Gasteiger partial charge in [0, 0.05) is 11.6 Å². The molecule has 1 aliphatic carbocycles. The first-order valence-electron chi connectivity index (χ1n) is 8.91. The second-order valence-corrected chi connectivity index (χ2v) is 9.46. The topological polar surface area (TPSA) is 81.1 Å². The standard InChI is InChI=1S/C18H18F3N3O3S/c19-18(20,21)13-3-1-2-4-14(13)22-17(25)15-9-16(11-5-6-11)24(23-15)12-7-8-28(26,27)10-12/h1-4,9,11-12H,5-8,10H2,(H,22,25)/t12-/m1/s1. The van der Waals surface area contributed by atoms with Crippen molar-refractivity contribution in [1.82, 2.24) is 9.78 Å². The fraction of sp³-hybridized carbons (Fsp3) is 0.444. The van der Waals surface area contributed by atoms with Crippen LogP contribution in [0.2, 0.25) is 0 Å². The van der Waals surface area contributed by atoms with Crippen molar-refractivity contribution in [2.45, 2.75) is 37.4 Å². The van der Waals surface area contributed by atoms with Gasteiger partial charge in [0.15, 0.2) is 15.5 Å². The van der Waals surface area contributed by atoms with Gasteiger partial charge in [-0.15, -0.1) is 0 Å². The lowest BCUT2D eigenvalue weighted by molar-refractivity contribution is -0.136. The van der Waals surface area contributed by atoms with Crippen LogP contribution in [0.1, 0.15) is 53.0 Å². The van der Waals surface area contributed by atoms with Crippen LogP contribution in [0.25, 0.3) is 0 Å². The Bertz CT molecular complexity index is 1030. The SMILES string of the molecule is O=C(Nc1ccccc1C(F)(F)F)c1cc(C2CC2)n([C@@H]2CCS(=O)(=O)C2)n1. The Balaban J connectivity index is 1.62. The number of amides is 1. The van der Waals surface area contributed by atoms with Crippen LogP contribution in [0.5, 0.6) is 0 Å². The minimum atomic E-state index is -4.60. The predicted molar refractivity (Wildman–Crippen MR) is 95.9 cm³/mol. The molecular formula is C18H18F3N3O3S. The van der Waals surface area contributed by atoms with Crippen molar-refractivity contribution < 1.29 is 26.4 Å². The van der Waals surface area contributed by atoms with Crippen LogP contribution in [0, 0.1) is 0 Å². The lowest BCUT2D eigenvalue weighted by Gasteiger charge is -2.13. The molecular weight excluding hydrogens is 395 g/mol.